The van der Waals surface area contributed by atoms with E-state index in [0.717, 1.165) is 5.56 Å². The van der Waals surface area contributed by atoms with Crippen molar-refractivity contribution >= 4 is 34.7 Å². The third kappa shape index (κ3) is 5.22. The minimum atomic E-state index is -0.277. The zero-order chi connectivity index (χ0) is 18.6. The summed E-state index contributed by atoms with van der Waals surface area (Å²) in [5, 5.41) is 5.75. The van der Waals surface area contributed by atoms with Crippen LogP contribution < -0.4 is 10.6 Å². The smallest absolute Gasteiger partial charge is 0.257 e. The molecule has 0 radical (unpaired) electrons. The fourth-order valence-corrected chi connectivity index (χ4v) is 2.49. The second-order valence-corrected chi connectivity index (χ2v) is 7.28. The molecule has 0 spiro atoms. The van der Waals surface area contributed by atoms with Crippen molar-refractivity contribution in [3.63, 3.8) is 0 Å². The van der Waals surface area contributed by atoms with Gasteiger partial charge in [0.15, 0.2) is 10.9 Å². The van der Waals surface area contributed by atoms with Crippen molar-refractivity contribution in [3.05, 3.63) is 65.2 Å². The lowest BCUT2D eigenvalue weighted by molar-refractivity contribution is 0.0975. The summed E-state index contributed by atoms with van der Waals surface area (Å²) >= 11 is 5.18. The number of benzene rings is 2. The van der Waals surface area contributed by atoms with Crippen LogP contribution in [0.2, 0.25) is 0 Å². The van der Waals surface area contributed by atoms with Crippen LogP contribution in [0.1, 0.15) is 54.0 Å². The van der Waals surface area contributed by atoms with E-state index in [1.807, 2.05) is 12.1 Å². The molecule has 0 aliphatic carbocycles. The van der Waals surface area contributed by atoms with Gasteiger partial charge in [0.05, 0.1) is 0 Å². The number of hydrogen-bond donors (Lipinski definition) is 2. The molecule has 2 rings (SSSR count). The number of nitrogens with one attached hydrogen (secondary N) is 2. The Kier molecular flexibility index (Phi) is 5.69. The van der Waals surface area contributed by atoms with Gasteiger partial charge in [0, 0.05) is 16.8 Å². The maximum Gasteiger partial charge on any atom is 0.257 e. The Morgan fingerprint density at radius 1 is 0.960 bits per heavy atom. The molecule has 0 aliphatic rings. The normalized spacial score (nSPS) is 10.9. The van der Waals surface area contributed by atoms with Crippen molar-refractivity contribution in [2.75, 3.05) is 5.32 Å². The van der Waals surface area contributed by atoms with Crippen LogP contribution in [0.15, 0.2) is 48.5 Å². The van der Waals surface area contributed by atoms with E-state index in [0.29, 0.717) is 16.8 Å². The summed E-state index contributed by atoms with van der Waals surface area (Å²) in [7, 11) is 0. The Balaban J connectivity index is 2.01. The van der Waals surface area contributed by atoms with Gasteiger partial charge < -0.3 is 5.32 Å². The highest BCUT2D eigenvalue weighted by Gasteiger charge is 2.14. The minimum absolute atomic E-state index is 0.0301. The molecule has 0 unspecified atom stereocenters. The molecule has 1 amide bonds. The number of anilines is 1. The van der Waals surface area contributed by atoms with Gasteiger partial charge in [-0.15, -0.1) is 0 Å². The van der Waals surface area contributed by atoms with Gasteiger partial charge in [-0.3, -0.25) is 14.9 Å². The lowest BCUT2D eigenvalue weighted by atomic mass is 9.87. The minimum Gasteiger partial charge on any atom is -0.332 e. The molecule has 0 fully saturated rings. The topological polar surface area (TPSA) is 58.2 Å². The van der Waals surface area contributed by atoms with Crippen LogP contribution in [-0.2, 0) is 5.41 Å². The summed E-state index contributed by atoms with van der Waals surface area (Å²) in [4.78, 5) is 23.7. The molecular formula is C20H22N2O2S. The van der Waals surface area contributed by atoms with Crippen LogP contribution >= 0.6 is 12.2 Å². The molecule has 5 heteroatoms. The summed E-state index contributed by atoms with van der Waals surface area (Å²) in [5.74, 6) is -0.307. The third-order valence-corrected chi connectivity index (χ3v) is 3.97. The van der Waals surface area contributed by atoms with E-state index >= 15 is 0 Å². The predicted molar refractivity (Wildman–Crippen MR) is 105 cm³/mol. The van der Waals surface area contributed by atoms with Crippen LogP contribution in [0.3, 0.4) is 0 Å². The van der Waals surface area contributed by atoms with Crippen LogP contribution in [0.5, 0.6) is 0 Å². The Labute approximate surface area is 153 Å². The standard InChI is InChI=1S/C20H22N2O2S/c1-13(23)15-6-5-7-17(12-15)21-19(25)22-18(24)14-8-10-16(11-9-14)20(2,3)4/h5-12H,1-4H3,(H2,21,22,24,25). The predicted octanol–water partition coefficient (Wildman–Crippen LogP) is 4.31. The quantitative estimate of drug-likeness (QED) is 0.637. The molecule has 2 aromatic rings. The summed E-state index contributed by atoms with van der Waals surface area (Å²) in [6.45, 7) is 7.86. The largest absolute Gasteiger partial charge is 0.332 e. The number of thiocarbonyl (C=S) groups is 1. The van der Waals surface area contributed by atoms with E-state index in [1.54, 1.807) is 36.4 Å². The van der Waals surface area contributed by atoms with Crippen LogP contribution in [0.4, 0.5) is 5.69 Å². The number of Topliss-reactive ketones (excluding diaryl/α,β-unsaturated/α-hetero) is 1. The van der Waals surface area contributed by atoms with Crippen LogP contribution in [0.25, 0.3) is 0 Å². The highest BCUT2D eigenvalue weighted by atomic mass is 32.1. The lowest BCUT2D eigenvalue weighted by Gasteiger charge is -2.19. The molecule has 4 nitrogen and oxygen atoms in total. The van der Waals surface area contributed by atoms with E-state index in [1.165, 1.54) is 6.92 Å². The van der Waals surface area contributed by atoms with Crippen molar-refractivity contribution in [1.29, 1.82) is 0 Å². The Bertz CT molecular complexity index is 805. The number of carbonyl (C=O) groups excluding carboxylic acids is 2. The lowest BCUT2D eigenvalue weighted by Crippen LogP contribution is -2.34. The van der Waals surface area contributed by atoms with Gasteiger partial charge in [0.25, 0.3) is 5.91 Å². The number of amides is 1. The van der Waals surface area contributed by atoms with E-state index in [-0.39, 0.29) is 22.2 Å². The zero-order valence-corrected chi connectivity index (χ0v) is 15.7. The zero-order valence-electron chi connectivity index (χ0n) is 14.8. The molecule has 25 heavy (non-hydrogen) atoms. The first-order chi connectivity index (χ1) is 11.7. The van der Waals surface area contributed by atoms with E-state index in [2.05, 4.69) is 31.4 Å². The van der Waals surface area contributed by atoms with Crippen LogP contribution in [0, 0.1) is 0 Å². The molecule has 0 saturated carbocycles. The van der Waals surface area contributed by atoms with Gasteiger partial charge in [-0.25, -0.2) is 0 Å². The SMILES string of the molecule is CC(=O)c1cccc(NC(=S)NC(=O)c2ccc(C(C)(C)C)cc2)c1. The fourth-order valence-electron chi connectivity index (χ4n) is 2.28. The summed E-state index contributed by atoms with van der Waals surface area (Å²) in [6.07, 6.45) is 0. The van der Waals surface area contributed by atoms with Crippen molar-refractivity contribution < 1.29 is 9.59 Å². The van der Waals surface area contributed by atoms with Gasteiger partial charge in [0.1, 0.15) is 0 Å². The van der Waals surface area contributed by atoms with E-state index in [9.17, 15) is 9.59 Å². The molecule has 2 aromatic carbocycles. The third-order valence-electron chi connectivity index (χ3n) is 3.77. The number of rotatable bonds is 3. The summed E-state index contributed by atoms with van der Waals surface area (Å²) < 4.78 is 0. The molecule has 0 bridgehead atoms. The Morgan fingerprint density at radius 3 is 2.16 bits per heavy atom. The van der Waals surface area contributed by atoms with Crippen molar-refractivity contribution in [1.82, 2.24) is 5.32 Å². The second-order valence-electron chi connectivity index (χ2n) is 6.87. The molecule has 0 saturated heterocycles. The molecule has 130 valence electrons. The first-order valence-electron chi connectivity index (χ1n) is 8.01. The van der Waals surface area contributed by atoms with Crippen molar-refractivity contribution in [2.24, 2.45) is 0 Å². The van der Waals surface area contributed by atoms with E-state index < -0.39 is 0 Å². The molecule has 0 heterocycles. The Morgan fingerprint density at radius 2 is 1.60 bits per heavy atom. The summed E-state index contributed by atoms with van der Waals surface area (Å²) in [6, 6.07) is 14.4. The van der Waals surface area contributed by atoms with Crippen LogP contribution in [-0.4, -0.2) is 16.8 Å². The second kappa shape index (κ2) is 7.57. The first kappa shape index (κ1) is 18.8. The van der Waals surface area contributed by atoms with Gasteiger partial charge in [-0.2, -0.15) is 0 Å². The molecule has 2 N–H and O–H groups in total. The van der Waals surface area contributed by atoms with Gasteiger partial charge in [-0.1, -0.05) is 45.0 Å². The van der Waals surface area contributed by atoms with Crippen molar-refractivity contribution in [2.45, 2.75) is 33.1 Å². The average molecular weight is 354 g/mol. The number of ketones is 1. The Hall–Kier alpha value is -2.53. The van der Waals surface area contributed by atoms with Gasteiger partial charge in [0.2, 0.25) is 0 Å². The first-order valence-corrected chi connectivity index (χ1v) is 8.41. The highest BCUT2D eigenvalue weighted by molar-refractivity contribution is 7.80. The molecular weight excluding hydrogens is 332 g/mol. The summed E-state index contributed by atoms with van der Waals surface area (Å²) in [5.41, 5.74) is 2.96. The maximum atomic E-state index is 12.3. The number of carbonyl (C=O) groups is 2. The van der Waals surface area contributed by atoms with E-state index in [4.69, 9.17) is 12.2 Å². The average Bonchev–Trinajstić information content (AvgIpc) is 2.54. The molecule has 0 atom stereocenters. The number of hydrogen-bond acceptors (Lipinski definition) is 3. The van der Waals surface area contributed by atoms with Gasteiger partial charge >= 0.3 is 0 Å². The van der Waals surface area contributed by atoms with Gasteiger partial charge in [-0.05, 0) is 54.4 Å². The molecule has 0 aromatic heterocycles. The fraction of sp³-hybridized carbons (Fsp3) is 0.250. The van der Waals surface area contributed by atoms with Crippen molar-refractivity contribution in [3.8, 4) is 0 Å². The highest BCUT2D eigenvalue weighted by Crippen LogP contribution is 2.22. The molecule has 0 aliphatic heterocycles. The monoisotopic (exact) mass is 354 g/mol. The maximum absolute atomic E-state index is 12.3.